The molecule has 1 amide bonds. The number of nitrogens with one attached hydrogen (secondary N) is 1. The summed E-state index contributed by atoms with van der Waals surface area (Å²) in [6.07, 6.45) is 1.96. The third-order valence-corrected chi connectivity index (χ3v) is 2.61. The predicted octanol–water partition coefficient (Wildman–Crippen LogP) is 1.18. The van der Waals surface area contributed by atoms with Crippen LogP contribution in [0.3, 0.4) is 0 Å². The zero-order chi connectivity index (χ0) is 11.5. The van der Waals surface area contributed by atoms with Gasteiger partial charge in [0, 0.05) is 17.2 Å². The van der Waals surface area contributed by atoms with Gasteiger partial charge in [-0.25, -0.2) is 0 Å². The second kappa shape index (κ2) is 4.45. The van der Waals surface area contributed by atoms with Gasteiger partial charge in [0.15, 0.2) is 5.78 Å². The minimum atomic E-state index is -0.0972. The van der Waals surface area contributed by atoms with Crippen molar-refractivity contribution in [3.05, 3.63) is 29.8 Å². The first kappa shape index (κ1) is 10.8. The molecule has 0 saturated heterocycles. The van der Waals surface area contributed by atoms with Crippen LogP contribution < -0.4 is 11.1 Å². The molecule has 2 rings (SSSR count). The first-order chi connectivity index (χ1) is 7.70. The second-order valence-corrected chi connectivity index (χ2v) is 3.97. The summed E-state index contributed by atoms with van der Waals surface area (Å²) in [5, 5.41) is 2.81. The van der Waals surface area contributed by atoms with Gasteiger partial charge < -0.3 is 11.1 Å². The highest BCUT2D eigenvalue weighted by atomic mass is 16.2. The topological polar surface area (TPSA) is 72.2 Å². The maximum absolute atomic E-state index is 11.5. The molecule has 4 heteroatoms. The summed E-state index contributed by atoms with van der Waals surface area (Å²) in [5.74, 6) is 0.156. The highest BCUT2D eigenvalue weighted by Crippen LogP contribution is 2.30. The van der Waals surface area contributed by atoms with Gasteiger partial charge in [-0.3, -0.25) is 9.59 Å². The molecule has 16 heavy (non-hydrogen) atoms. The van der Waals surface area contributed by atoms with E-state index >= 15 is 0 Å². The number of nitrogens with two attached hydrogens (primary N) is 1. The Morgan fingerprint density at radius 1 is 1.25 bits per heavy atom. The number of benzene rings is 1. The molecular formula is C12H14N2O2. The number of Topliss-reactive ketones (excluding diaryl/α,β-unsaturated/α-hetero) is 1. The van der Waals surface area contributed by atoms with Gasteiger partial charge in [-0.1, -0.05) is 0 Å². The highest BCUT2D eigenvalue weighted by Gasteiger charge is 2.29. The van der Waals surface area contributed by atoms with Crippen molar-refractivity contribution in [1.29, 1.82) is 0 Å². The molecule has 84 valence electrons. The summed E-state index contributed by atoms with van der Waals surface area (Å²) in [7, 11) is 0. The Kier molecular flexibility index (Phi) is 3.01. The van der Waals surface area contributed by atoms with Crippen LogP contribution >= 0.6 is 0 Å². The summed E-state index contributed by atoms with van der Waals surface area (Å²) in [5.41, 5.74) is 6.55. The van der Waals surface area contributed by atoms with E-state index in [2.05, 4.69) is 5.32 Å². The molecule has 0 radical (unpaired) electrons. The van der Waals surface area contributed by atoms with Gasteiger partial charge in [-0.15, -0.1) is 0 Å². The molecule has 0 aromatic heterocycles. The first-order valence-corrected chi connectivity index (χ1v) is 5.35. The summed E-state index contributed by atoms with van der Waals surface area (Å²) < 4.78 is 0. The van der Waals surface area contributed by atoms with E-state index in [1.165, 1.54) is 0 Å². The van der Waals surface area contributed by atoms with Crippen molar-refractivity contribution in [2.45, 2.75) is 12.8 Å². The Labute approximate surface area is 93.8 Å². The SMILES string of the molecule is NCC(=O)c1ccc(NC(=O)C2CC2)cc1. The van der Waals surface area contributed by atoms with Crippen LogP contribution in [-0.4, -0.2) is 18.2 Å². The van der Waals surface area contributed by atoms with Gasteiger partial charge in [0.1, 0.15) is 0 Å². The standard InChI is InChI=1S/C12H14N2O2/c13-7-11(15)8-3-5-10(6-4-8)14-12(16)9-1-2-9/h3-6,9H,1-2,7,13H2,(H,14,16). The average molecular weight is 218 g/mol. The Morgan fingerprint density at radius 2 is 1.88 bits per heavy atom. The van der Waals surface area contributed by atoms with Gasteiger partial charge in [-0.2, -0.15) is 0 Å². The number of carbonyl (C=O) groups excluding carboxylic acids is 2. The molecule has 0 aliphatic heterocycles. The Bertz CT molecular complexity index is 408. The fraction of sp³-hybridized carbons (Fsp3) is 0.333. The predicted molar refractivity (Wildman–Crippen MR) is 61.2 cm³/mol. The molecule has 1 aliphatic rings. The summed E-state index contributed by atoms with van der Waals surface area (Å²) in [6.45, 7) is 0.00772. The Balaban J connectivity index is 2.01. The average Bonchev–Trinajstić information content (AvgIpc) is 3.13. The zero-order valence-electron chi connectivity index (χ0n) is 8.90. The Morgan fingerprint density at radius 3 is 2.38 bits per heavy atom. The molecule has 0 atom stereocenters. The normalized spacial score (nSPS) is 14.6. The number of carbonyl (C=O) groups is 2. The van der Waals surface area contributed by atoms with E-state index in [1.54, 1.807) is 24.3 Å². The molecule has 1 fully saturated rings. The quantitative estimate of drug-likeness (QED) is 0.745. The lowest BCUT2D eigenvalue weighted by Crippen LogP contribution is -2.15. The molecule has 0 unspecified atom stereocenters. The fourth-order valence-corrected chi connectivity index (χ4v) is 1.45. The van der Waals surface area contributed by atoms with Gasteiger partial charge in [0.25, 0.3) is 0 Å². The van der Waals surface area contributed by atoms with Crippen LogP contribution in [-0.2, 0) is 4.79 Å². The van der Waals surface area contributed by atoms with Crippen LogP contribution in [0.2, 0.25) is 0 Å². The highest BCUT2D eigenvalue weighted by molar-refractivity contribution is 5.98. The Hall–Kier alpha value is -1.68. The molecule has 1 aromatic carbocycles. The van der Waals surface area contributed by atoms with E-state index in [0.29, 0.717) is 5.56 Å². The van der Waals surface area contributed by atoms with Gasteiger partial charge in [0.2, 0.25) is 5.91 Å². The van der Waals surface area contributed by atoms with Crippen molar-refractivity contribution in [1.82, 2.24) is 0 Å². The molecule has 1 aromatic rings. The third-order valence-electron chi connectivity index (χ3n) is 2.61. The molecule has 4 nitrogen and oxygen atoms in total. The first-order valence-electron chi connectivity index (χ1n) is 5.35. The number of hydrogen-bond acceptors (Lipinski definition) is 3. The van der Waals surface area contributed by atoms with Crippen molar-refractivity contribution < 1.29 is 9.59 Å². The molecule has 0 bridgehead atoms. The van der Waals surface area contributed by atoms with Crippen LogP contribution in [0, 0.1) is 5.92 Å². The maximum atomic E-state index is 11.5. The zero-order valence-corrected chi connectivity index (χ0v) is 8.90. The maximum Gasteiger partial charge on any atom is 0.227 e. The monoisotopic (exact) mass is 218 g/mol. The minimum absolute atomic E-state index is 0.00772. The molecule has 0 heterocycles. The number of ketones is 1. The van der Waals surface area contributed by atoms with Gasteiger partial charge in [0.05, 0.1) is 6.54 Å². The summed E-state index contributed by atoms with van der Waals surface area (Å²) in [6, 6.07) is 6.81. The van der Waals surface area contributed by atoms with E-state index in [0.717, 1.165) is 18.5 Å². The largest absolute Gasteiger partial charge is 0.326 e. The van der Waals surface area contributed by atoms with Crippen LogP contribution in [0.15, 0.2) is 24.3 Å². The van der Waals surface area contributed by atoms with Crippen LogP contribution in [0.25, 0.3) is 0 Å². The van der Waals surface area contributed by atoms with Crippen LogP contribution in [0.4, 0.5) is 5.69 Å². The van der Waals surface area contributed by atoms with E-state index in [9.17, 15) is 9.59 Å². The van der Waals surface area contributed by atoms with Crippen molar-refractivity contribution in [2.24, 2.45) is 11.7 Å². The van der Waals surface area contributed by atoms with Crippen molar-refractivity contribution in [2.75, 3.05) is 11.9 Å². The lowest BCUT2D eigenvalue weighted by Gasteiger charge is -2.04. The van der Waals surface area contributed by atoms with Crippen molar-refractivity contribution in [3.8, 4) is 0 Å². The minimum Gasteiger partial charge on any atom is -0.326 e. The van der Waals surface area contributed by atoms with E-state index in [1.807, 2.05) is 0 Å². The van der Waals surface area contributed by atoms with E-state index in [-0.39, 0.29) is 24.2 Å². The number of anilines is 1. The second-order valence-electron chi connectivity index (χ2n) is 3.97. The molecule has 0 spiro atoms. The van der Waals surface area contributed by atoms with E-state index in [4.69, 9.17) is 5.73 Å². The lowest BCUT2D eigenvalue weighted by atomic mass is 10.1. The fourth-order valence-electron chi connectivity index (χ4n) is 1.45. The lowest BCUT2D eigenvalue weighted by molar-refractivity contribution is -0.117. The molecule has 3 N–H and O–H groups in total. The van der Waals surface area contributed by atoms with Crippen molar-refractivity contribution >= 4 is 17.4 Å². The van der Waals surface area contributed by atoms with Crippen LogP contribution in [0.1, 0.15) is 23.2 Å². The van der Waals surface area contributed by atoms with Crippen LogP contribution in [0.5, 0.6) is 0 Å². The number of amides is 1. The summed E-state index contributed by atoms with van der Waals surface area (Å²) in [4.78, 5) is 22.7. The smallest absolute Gasteiger partial charge is 0.227 e. The van der Waals surface area contributed by atoms with E-state index < -0.39 is 0 Å². The third kappa shape index (κ3) is 2.46. The molecule has 1 aliphatic carbocycles. The number of rotatable bonds is 4. The van der Waals surface area contributed by atoms with Gasteiger partial charge in [-0.05, 0) is 37.1 Å². The van der Waals surface area contributed by atoms with Gasteiger partial charge >= 0.3 is 0 Å². The molecule has 1 saturated carbocycles. The number of hydrogen-bond donors (Lipinski definition) is 2. The summed E-state index contributed by atoms with van der Waals surface area (Å²) >= 11 is 0. The molecular weight excluding hydrogens is 204 g/mol. The van der Waals surface area contributed by atoms with Crippen molar-refractivity contribution in [3.63, 3.8) is 0 Å².